The molecule has 0 saturated carbocycles. The number of benzene rings is 1. The number of nitrogens with zero attached hydrogens (tertiary/aromatic N) is 4. The molecule has 0 fully saturated rings. The van der Waals surface area contributed by atoms with Crippen LogP contribution in [-0.4, -0.2) is 25.1 Å². The summed E-state index contributed by atoms with van der Waals surface area (Å²) in [5.41, 5.74) is 0.770. The van der Waals surface area contributed by atoms with Crippen molar-refractivity contribution in [3.05, 3.63) is 64.7 Å². The first kappa shape index (κ1) is 13.7. The third-order valence-corrected chi connectivity index (χ3v) is 2.86. The number of aromatic nitrogens is 4. The zero-order chi connectivity index (χ0) is 15.4. The zero-order valence-electron chi connectivity index (χ0n) is 11.3. The highest BCUT2D eigenvalue weighted by Crippen LogP contribution is 2.20. The quantitative estimate of drug-likeness (QED) is 0.572. The summed E-state index contributed by atoms with van der Waals surface area (Å²) in [4.78, 5) is 18.5. The number of nitro groups is 1. The molecule has 22 heavy (non-hydrogen) atoms. The number of ether oxygens (including phenoxy) is 1. The topological polar surface area (TPSA) is 107 Å². The molecule has 3 rings (SSSR count). The van der Waals surface area contributed by atoms with Gasteiger partial charge in [0.15, 0.2) is 11.6 Å². The Morgan fingerprint density at radius 2 is 2.18 bits per heavy atom. The first-order chi connectivity index (χ1) is 10.7. The SMILES string of the molecule is O=[N+]([O-])c1cccc(OCc2nc(-c3cccnc3)n[nH]2)c1. The molecule has 0 atom stereocenters. The summed E-state index contributed by atoms with van der Waals surface area (Å²) in [7, 11) is 0. The van der Waals surface area contributed by atoms with E-state index >= 15 is 0 Å². The van der Waals surface area contributed by atoms with Crippen LogP contribution >= 0.6 is 0 Å². The van der Waals surface area contributed by atoms with Crippen molar-refractivity contribution in [3.63, 3.8) is 0 Å². The molecule has 0 aliphatic rings. The van der Waals surface area contributed by atoms with Crippen molar-refractivity contribution in [2.24, 2.45) is 0 Å². The van der Waals surface area contributed by atoms with Crippen molar-refractivity contribution in [1.29, 1.82) is 0 Å². The smallest absolute Gasteiger partial charge is 0.273 e. The molecule has 1 N–H and O–H groups in total. The molecule has 0 radical (unpaired) electrons. The predicted molar refractivity (Wildman–Crippen MR) is 77.0 cm³/mol. The largest absolute Gasteiger partial charge is 0.485 e. The Hall–Kier alpha value is -3.29. The van der Waals surface area contributed by atoms with Gasteiger partial charge in [-0.2, -0.15) is 5.10 Å². The summed E-state index contributed by atoms with van der Waals surface area (Å²) < 4.78 is 5.48. The highest BCUT2D eigenvalue weighted by Gasteiger charge is 2.09. The van der Waals surface area contributed by atoms with Crippen LogP contribution in [0.3, 0.4) is 0 Å². The highest BCUT2D eigenvalue weighted by molar-refractivity contribution is 5.52. The fraction of sp³-hybridized carbons (Fsp3) is 0.0714. The van der Waals surface area contributed by atoms with Crippen LogP contribution < -0.4 is 4.74 Å². The van der Waals surface area contributed by atoms with E-state index in [0.29, 0.717) is 17.4 Å². The van der Waals surface area contributed by atoms with Crippen LogP contribution in [0.2, 0.25) is 0 Å². The first-order valence-electron chi connectivity index (χ1n) is 6.41. The number of nitrogens with one attached hydrogen (secondary N) is 1. The third-order valence-electron chi connectivity index (χ3n) is 2.86. The monoisotopic (exact) mass is 297 g/mol. The van der Waals surface area contributed by atoms with Crippen molar-refractivity contribution in [1.82, 2.24) is 20.2 Å². The lowest BCUT2D eigenvalue weighted by Gasteiger charge is -2.03. The van der Waals surface area contributed by atoms with Crippen molar-refractivity contribution in [3.8, 4) is 17.1 Å². The maximum Gasteiger partial charge on any atom is 0.273 e. The van der Waals surface area contributed by atoms with E-state index in [0.717, 1.165) is 5.56 Å². The number of hydrogen-bond acceptors (Lipinski definition) is 6. The van der Waals surface area contributed by atoms with Crippen molar-refractivity contribution in [2.45, 2.75) is 6.61 Å². The van der Waals surface area contributed by atoms with Gasteiger partial charge >= 0.3 is 0 Å². The van der Waals surface area contributed by atoms with Gasteiger partial charge in [0.2, 0.25) is 0 Å². The standard InChI is InChI=1S/C14H11N5O3/c20-19(21)11-4-1-5-12(7-11)22-9-13-16-14(18-17-13)10-3-2-6-15-8-10/h1-8H,9H2,(H,16,17,18). The summed E-state index contributed by atoms with van der Waals surface area (Å²) in [5.74, 6) is 1.43. The molecule has 110 valence electrons. The van der Waals surface area contributed by atoms with E-state index < -0.39 is 4.92 Å². The Bertz CT molecular complexity index is 788. The van der Waals surface area contributed by atoms with Crippen molar-refractivity contribution in [2.75, 3.05) is 0 Å². The second-order valence-corrected chi connectivity index (χ2v) is 4.39. The van der Waals surface area contributed by atoms with Crippen LogP contribution in [0, 0.1) is 10.1 Å². The second kappa shape index (κ2) is 6.00. The Morgan fingerprint density at radius 3 is 2.95 bits per heavy atom. The van der Waals surface area contributed by atoms with E-state index in [1.807, 2.05) is 6.07 Å². The number of hydrogen-bond donors (Lipinski definition) is 1. The van der Waals surface area contributed by atoms with Gasteiger partial charge in [0, 0.05) is 24.0 Å². The molecule has 2 aromatic heterocycles. The van der Waals surface area contributed by atoms with E-state index in [2.05, 4.69) is 20.2 Å². The highest BCUT2D eigenvalue weighted by atomic mass is 16.6. The van der Waals surface area contributed by atoms with E-state index in [9.17, 15) is 10.1 Å². The van der Waals surface area contributed by atoms with Gasteiger partial charge in [-0.1, -0.05) is 6.07 Å². The molecule has 8 heteroatoms. The molecule has 0 aliphatic carbocycles. The number of H-pyrrole nitrogens is 1. The van der Waals surface area contributed by atoms with Gasteiger partial charge in [0.05, 0.1) is 11.0 Å². The van der Waals surface area contributed by atoms with Crippen LogP contribution in [0.25, 0.3) is 11.4 Å². The molecule has 0 unspecified atom stereocenters. The molecular weight excluding hydrogens is 286 g/mol. The van der Waals surface area contributed by atoms with Gasteiger partial charge in [0.25, 0.3) is 5.69 Å². The third kappa shape index (κ3) is 3.06. The van der Waals surface area contributed by atoms with Gasteiger partial charge < -0.3 is 4.74 Å². The maximum absolute atomic E-state index is 10.7. The number of nitro benzene ring substituents is 1. The summed E-state index contributed by atoms with van der Waals surface area (Å²) in [6.07, 6.45) is 3.33. The van der Waals surface area contributed by atoms with Crippen molar-refractivity contribution < 1.29 is 9.66 Å². The molecule has 8 nitrogen and oxygen atoms in total. The Balaban J connectivity index is 1.69. The van der Waals surface area contributed by atoms with Gasteiger partial charge in [0.1, 0.15) is 12.4 Å². The van der Waals surface area contributed by atoms with Crippen LogP contribution in [0.5, 0.6) is 5.75 Å². The Kier molecular flexibility index (Phi) is 3.73. The van der Waals surface area contributed by atoms with Gasteiger partial charge in [-0.15, -0.1) is 0 Å². The minimum Gasteiger partial charge on any atom is -0.485 e. The average Bonchev–Trinajstić information content (AvgIpc) is 3.03. The molecule has 0 saturated heterocycles. The minimum absolute atomic E-state index is 0.0221. The fourth-order valence-electron chi connectivity index (χ4n) is 1.82. The van der Waals surface area contributed by atoms with Crippen LogP contribution in [0.4, 0.5) is 5.69 Å². The van der Waals surface area contributed by atoms with E-state index in [4.69, 9.17) is 4.74 Å². The lowest BCUT2D eigenvalue weighted by atomic mass is 10.3. The van der Waals surface area contributed by atoms with E-state index in [1.54, 1.807) is 30.6 Å². The summed E-state index contributed by atoms with van der Waals surface area (Å²) in [5, 5.41) is 17.5. The van der Waals surface area contributed by atoms with Crippen LogP contribution in [0.15, 0.2) is 48.8 Å². The van der Waals surface area contributed by atoms with Gasteiger partial charge in [-0.05, 0) is 18.2 Å². The molecule has 0 bridgehead atoms. The summed E-state index contributed by atoms with van der Waals surface area (Å²) >= 11 is 0. The average molecular weight is 297 g/mol. The number of aromatic amines is 1. The lowest BCUT2D eigenvalue weighted by molar-refractivity contribution is -0.384. The maximum atomic E-state index is 10.7. The summed E-state index contributed by atoms with van der Waals surface area (Å²) in [6, 6.07) is 9.62. The minimum atomic E-state index is -0.470. The molecule has 1 aromatic carbocycles. The Morgan fingerprint density at radius 1 is 1.27 bits per heavy atom. The van der Waals surface area contributed by atoms with Crippen molar-refractivity contribution >= 4 is 5.69 Å². The molecular formula is C14H11N5O3. The van der Waals surface area contributed by atoms with Crippen LogP contribution in [0.1, 0.15) is 5.82 Å². The van der Waals surface area contributed by atoms with Gasteiger partial charge in [-0.25, -0.2) is 4.98 Å². The van der Waals surface area contributed by atoms with E-state index in [1.165, 1.54) is 12.1 Å². The zero-order valence-corrected chi connectivity index (χ0v) is 11.3. The molecule has 2 heterocycles. The molecule has 0 spiro atoms. The lowest BCUT2D eigenvalue weighted by Crippen LogP contribution is -1.98. The predicted octanol–water partition coefficient (Wildman–Crippen LogP) is 2.35. The molecule has 3 aromatic rings. The normalized spacial score (nSPS) is 10.4. The first-order valence-corrected chi connectivity index (χ1v) is 6.41. The van der Waals surface area contributed by atoms with Gasteiger partial charge in [-0.3, -0.25) is 20.2 Å². The van der Waals surface area contributed by atoms with Crippen LogP contribution in [-0.2, 0) is 6.61 Å². The number of rotatable bonds is 5. The number of pyridine rings is 1. The fourth-order valence-corrected chi connectivity index (χ4v) is 1.82. The molecule has 0 aliphatic heterocycles. The number of non-ortho nitro benzene ring substituents is 1. The van der Waals surface area contributed by atoms with E-state index in [-0.39, 0.29) is 12.3 Å². The molecule has 0 amide bonds. The Labute approximate surface area is 125 Å². The summed E-state index contributed by atoms with van der Waals surface area (Å²) in [6.45, 7) is 0.133. The second-order valence-electron chi connectivity index (χ2n) is 4.39.